The first-order valence-corrected chi connectivity index (χ1v) is 7.63. The predicted octanol–water partition coefficient (Wildman–Crippen LogP) is 4.04. The van der Waals surface area contributed by atoms with E-state index < -0.39 is 49.9 Å². The Morgan fingerprint density at radius 1 is 1.33 bits per heavy atom. The summed E-state index contributed by atoms with van der Waals surface area (Å²) in [6, 6.07) is 1.18. The lowest BCUT2D eigenvalue weighted by atomic mass is 10.2. The van der Waals surface area contributed by atoms with Gasteiger partial charge in [-0.15, -0.1) is 5.10 Å². The van der Waals surface area contributed by atoms with Crippen molar-refractivity contribution in [1.82, 2.24) is 9.78 Å². The molecule has 0 aliphatic carbocycles. The third-order valence-corrected chi connectivity index (χ3v) is 3.67. The summed E-state index contributed by atoms with van der Waals surface area (Å²) in [6.07, 6.45) is -4.71. The summed E-state index contributed by atoms with van der Waals surface area (Å²) in [6.45, 7) is 1.09. The van der Waals surface area contributed by atoms with Crippen LogP contribution in [0, 0.1) is 10.1 Å². The third kappa shape index (κ3) is 4.23. The van der Waals surface area contributed by atoms with Gasteiger partial charge >= 0.3 is 11.9 Å². The van der Waals surface area contributed by atoms with E-state index >= 15 is 0 Å². The molecule has 27 heavy (non-hydrogen) atoms. The maximum Gasteiger partial charge on any atom is 0.416 e. The van der Waals surface area contributed by atoms with Gasteiger partial charge in [0.05, 0.1) is 27.6 Å². The van der Waals surface area contributed by atoms with Crippen LogP contribution in [0.3, 0.4) is 0 Å². The van der Waals surface area contributed by atoms with Crippen molar-refractivity contribution in [3.8, 4) is 5.69 Å². The highest BCUT2D eigenvalue weighted by Gasteiger charge is 2.35. The monoisotopic (exact) mass is 427 g/mol. The van der Waals surface area contributed by atoms with E-state index in [2.05, 4.69) is 20.7 Å². The Bertz CT molecular complexity index is 893. The van der Waals surface area contributed by atoms with E-state index in [1.807, 2.05) is 0 Å². The molecule has 146 valence electrons. The van der Waals surface area contributed by atoms with Gasteiger partial charge in [-0.2, -0.15) is 13.2 Å². The van der Waals surface area contributed by atoms with Crippen molar-refractivity contribution >= 4 is 46.4 Å². The van der Waals surface area contributed by atoms with Gasteiger partial charge in [-0.1, -0.05) is 23.2 Å². The number of carbonyl (C=O) groups is 1. The smallest absolute Gasteiger partial charge is 0.304 e. The SMILES string of the molecule is CONc1c([N+](=O)[O-])c(NC(C)=O)nn1-c1c(Cl)cc(C(F)(F)F)cc1Cl. The molecule has 1 heterocycles. The van der Waals surface area contributed by atoms with E-state index in [0.717, 1.165) is 18.7 Å². The Morgan fingerprint density at radius 3 is 2.30 bits per heavy atom. The Balaban J connectivity index is 2.78. The van der Waals surface area contributed by atoms with Crippen molar-refractivity contribution in [1.29, 1.82) is 0 Å². The van der Waals surface area contributed by atoms with E-state index in [4.69, 9.17) is 23.2 Å². The van der Waals surface area contributed by atoms with Crippen LogP contribution in [-0.2, 0) is 15.8 Å². The fourth-order valence-electron chi connectivity index (χ4n) is 2.12. The molecule has 0 saturated carbocycles. The van der Waals surface area contributed by atoms with Gasteiger partial charge < -0.3 is 5.32 Å². The first kappa shape index (κ1) is 20.7. The largest absolute Gasteiger partial charge is 0.416 e. The zero-order valence-electron chi connectivity index (χ0n) is 13.5. The molecule has 9 nitrogen and oxygen atoms in total. The number of hydrogen-bond acceptors (Lipinski definition) is 6. The molecule has 0 aliphatic rings. The van der Waals surface area contributed by atoms with Gasteiger partial charge in [-0.3, -0.25) is 19.7 Å². The highest BCUT2D eigenvalue weighted by atomic mass is 35.5. The lowest BCUT2D eigenvalue weighted by Gasteiger charge is -2.14. The van der Waals surface area contributed by atoms with Crippen LogP contribution in [0.4, 0.5) is 30.5 Å². The normalized spacial score (nSPS) is 11.4. The van der Waals surface area contributed by atoms with Gasteiger partial charge in [-0.25, -0.2) is 10.2 Å². The van der Waals surface area contributed by atoms with Crippen LogP contribution >= 0.6 is 23.2 Å². The summed E-state index contributed by atoms with van der Waals surface area (Å²) >= 11 is 11.8. The molecular weight excluding hydrogens is 418 g/mol. The minimum atomic E-state index is -4.71. The van der Waals surface area contributed by atoms with Crippen molar-refractivity contribution in [3.05, 3.63) is 37.9 Å². The molecule has 0 unspecified atom stereocenters. The van der Waals surface area contributed by atoms with Gasteiger partial charge in [0.1, 0.15) is 5.69 Å². The number of nitrogens with zero attached hydrogens (tertiary/aromatic N) is 3. The maximum atomic E-state index is 12.9. The average molecular weight is 428 g/mol. The molecule has 0 spiro atoms. The first-order valence-electron chi connectivity index (χ1n) is 6.88. The molecule has 0 radical (unpaired) electrons. The van der Waals surface area contributed by atoms with Crippen molar-refractivity contribution < 1.29 is 27.7 Å². The van der Waals surface area contributed by atoms with Crippen LogP contribution in [0.25, 0.3) is 5.69 Å². The number of benzene rings is 1. The second kappa shape index (κ2) is 7.58. The lowest BCUT2D eigenvalue weighted by Crippen LogP contribution is -2.10. The minimum Gasteiger partial charge on any atom is -0.304 e. The molecule has 14 heteroatoms. The van der Waals surface area contributed by atoms with Gasteiger partial charge in [0.15, 0.2) is 0 Å². The van der Waals surface area contributed by atoms with E-state index in [-0.39, 0.29) is 5.69 Å². The van der Waals surface area contributed by atoms with Gasteiger partial charge in [0.25, 0.3) is 0 Å². The van der Waals surface area contributed by atoms with Crippen LogP contribution in [-0.4, -0.2) is 27.7 Å². The molecule has 0 fully saturated rings. The number of amides is 1. The average Bonchev–Trinajstić information content (AvgIpc) is 2.83. The molecule has 1 aromatic carbocycles. The first-order chi connectivity index (χ1) is 12.5. The quantitative estimate of drug-likeness (QED) is 0.550. The lowest BCUT2D eigenvalue weighted by molar-refractivity contribution is -0.383. The molecule has 0 atom stereocenters. The molecule has 2 aromatic rings. The Labute approximate surface area is 159 Å². The minimum absolute atomic E-state index is 0.286. The fraction of sp³-hybridized carbons (Fsp3) is 0.231. The number of alkyl halides is 3. The summed E-state index contributed by atoms with van der Waals surface area (Å²) in [4.78, 5) is 26.5. The van der Waals surface area contributed by atoms with E-state index in [1.165, 1.54) is 0 Å². The standard InChI is InChI=1S/C13H10Cl2F3N5O4/c1-5(24)19-11-10(23(25)26)12(21-27-2)22(20-11)9-7(14)3-6(4-8(9)15)13(16,17)18/h3-4,21H,1-2H3,(H,19,20,24). The number of hydrogen-bond donors (Lipinski definition) is 2. The van der Waals surface area contributed by atoms with Gasteiger partial charge in [0, 0.05) is 6.92 Å². The second-order valence-electron chi connectivity index (χ2n) is 4.99. The fourth-order valence-corrected chi connectivity index (χ4v) is 2.76. The Kier molecular flexibility index (Phi) is 5.82. The highest BCUT2D eigenvalue weighted by Crippen LogP contribution is 2.41. The number of carbonyl (C=O) groups excluding carboxylic acids is 1. The summed E-state index contributed by atoms with van der Waals surface area (Å²) in [5.41, 5.74) is 0.0706. The van der Waals surface area contributed by atoms with Gasteiger partial charge in [-0.05, 0) is 12.1 Å². The van der Waals surface area contributed by atoms with Crippen molar-refractivity contribution in [2.45, 2.75) is 13.1 Å². The number of aromatic nitrogens is 2. The topological polar surface area (TPSA) is 111 Å². The summed E-state index contributed by atoms with van der Waals surface area (Å²) in [7, 11) is 1.13. The molecule has 1 aromatic heterocycles. The number of rotatable bonds is 5. The Hall–Kier alpha value is -2.57. The predicted molar refractivity (Wildman–Crippen MR) is 90.2 cm³/mol. The number of halogens is 5. The molecule has 2 N–H and O–H groups in total. The van der Waals surface area contributed by atoms with Crippen molar-refractivity contribution in [3.63, 3.8) is 0 Å². The van der Waals surface area contributed by atoms with E-state index in [0.29, 0.717) is 12.1 Å². The summed E-state index contributed by atoms with van der Waals surface area (Å²) < 4.78 is 39.4. The second-order valence-corrected chi connectivity index (χ2v) is 5.80. The molecule has 0 aliphatic heterocycles. The summed E-state index contributed by atoms with van der Waals surface area (Å²) in [5.74, 6) is -1.58. The highest BCUT2D eigenvalue weighted by molar-refractivity contribution is 6.38. The Morgan fingerprint density at radius 2 is 1.89 bits per heavy atom. The van der Waals surface area contributed by atoms with E-state index in [1.54, 1.807) is 0 Å². The third-order valence-electron chi connectivity index (χ3n) is 3.09. The summed E-state index contributed by atoms with van der Waals surface area (Å²) in [5, 5.41) is 16.4. The van der Waals surface area contributed by atoms with Crippen LogP contribution in [0.5, 0.6) is 0 Å². The number of nitro groups is 1. The van der Waals surface area contributed by atoms with Crippen LogP contribution in [0.15, 0.2) is 12.1 Å². The van der Waals surface area contributed by atoms with Crippen LogP contribution in [0.1, 0.15) is 12.5 Å². The van der Waals surface area contributed by atoms with Crippen LogP contribution in [0.2, 0.25) is 10.0 Å². The molecule has 0 saturated heterocycles. The van der Waals surface area contributed by atoms with Gasteiger partial charge in [0.2, 0.25) is 17.5 Å². The van der Waals surface area contributed by atoms with Crippen molar-refractivity contribution in [2.24, 2.45) is 0 Å². The molecule has 2 rings (SSSR count). The van der Waals surface area contributed by atoms with Crippen molar-refractivity contribution in [2.75, 3.05) is 17.9 Å². The maximum absolute atomic E-state index is 12.9. The molecular formula is C13H10Cl2F3N5O4. The zero-order chi connectivity index (χ0) is 20.5. The zero-order valence-corrected chi connectivity index (χ0v) is 15.0. The molecule has 0 bridgehead atoms. The number of anilines is 2. The van der Waals surface area contributed by atoms with Crippen LogP contribution < -0.4 is 10.8 Å². The molecule has 1 amide bonds. The number of nitrogens with one attached hydrogen (secondary N) is 2. The van der Waals surface area contributed by atoms with E-state index in [9.17, 15) is 28.1 Å².